The van der Waals surface area contributed by atoms with Gasteiger partial charge in [0.15, 0.2) is 0 Å². The maximum absolute atomic E-state index is 12.4. The van der Waals surface area contributed by atoms with E-state index < -0.39 is 16.6 Å². The van der Waals surface area contributed by atoms with Crippen molar-refractivity contribution in [2.75, 3.05) is 29.9 Å². The Labute approximate surface area is 157 Å². The predicted octanol–water partition coefficient (Wildman–Crippen LogP) is 3.35. The number of hydrogen-bond donors (Lipinski definition) is 1. The van der Waals surface area contributed by atoms with Gasteiger partial charge in [0.25, 0.3) is 0 Å². The molecule has 0 bridgehead atoms. The minimum absolute atomic E-state index is 0.191. The minimum atomic E-state index is -5.07. The first kappa shape index (κ1) is 19.0. The number of nitrogens with one attached hydrogen (secondary N) is 1. The summed E-state index contributed by atoms with van der Waals surface area (Å²) in [5, 5.41) is 2.53. The van der Waals surface area contributed by atoms with Crippen molar-refractivity contribution in [2.24, 2.45) is 5.92 Å². The lowest BCUT2D eigenvalue weighted by atomic mass is 10.1. The maximum atomic E-state index is 12.4. The third-order valence-corrected chi connectivity index (χ3v) is 4.55. The van der Waals surface area contributed by atoms with Crippen LogP contribution in [0.25, 0.3) is 0 Å². The molecule has 1 aliphatic heterocycles. The van der Waals surface area contributed by atoms with Gasteiger partial charge in [-0.1, -0.05) is 22.1 Å². The summed E-state index contributed by atoms with van der Waals surface area (Å²) in [5.41, 5.74) is 1.53. The molecule has 1 fully saturated rings. The summed E-state index contributed by atoms with van der Waals surface area (Å²) in [5.74, 6) is 0.0601. The third-order valence-electron chi connectivity index (χ3n) is 4.15. The summed E-state index contributed by atoms with van der Waals surface area (Å²) in [6, 6.07) is 15.3. The zero-order valence-corrected chi connectivity index (χ0v) is 15.2. The van der Waals surface area contributed by atoms with Crippen molar-refractivity contribution in [3.8, 4) is 5.75 Å². The summed E-state index contributed by atoms with van der Waals surface area (Å²) >= 11 is 0. The molecular weight excluding hydrogens is 375 g/mol. The van der Waals surface area contributed by atoms with E-state index in [1.54, 1.807) is 0 Å². The monoisotopic (exact) mass is 394 g/mol. The van der Waals surface area contributed by atoms with Crippen LogP contribution in [0.4, 0.5) is 20.1 Å². The Morgan fingerprint density at radius 3 is 2.52 bits per heavy atom. The molecule has 1 aliphatic rings. The first-order valence-electron chi connectivity index (χ1n) is 8.37. The van der Waals surface area contributed by atoms with Gasteiger partial charge in [0.2, 0.25) is 0 Å². The molecule has 1 atom stereocenters. The Kier molecular flexibility index (Phi) is 5.80. The number of carbonyl (C=O) groups is 1. The molecule has 1 amide bonds. The zero-order chi connectivity index (χ0) is 19.3. The summed E-state index contributed by atoms with van der Waals surface area (Å²) in [6.07, 6.45) is 0.325. The van der Waals surface area contributed by atoms with E-state index in [4.69, 9.17) is 4.74 Å². The van der Waals surface area contributed by atoms with Crippen molar-refractivity contribution in [3.63, 3.8) is 0 Å². The van der Waals surface area contributed by atoms with Gasteiger partial charge in [0.1, 0.15) is 5.75 Å². The molecule has 1 heterocycles. The van der Waals surface area contributed by atoms with Crippen molar-refractivity contribution < 1.29 is 26.0 Å². The fraction of sp³-hybridized carbons (Fsp3) is 0.278. The number of amides is 1. The normalized spacial score (nSPS) is 16.8. The second-order valence-electron chi connectivity index (χ2n) is 6.16. The van der Waals surface area contributed by atoms with E-state index in [0.29, 0.717) is 12.3 Å². The molecule has 3 rings (SSSR count). The highest BCUT2D eigenvalue weighted by Gasteiger charge is 2.23. The van der Waals surface area contributed by atoms with Crippen molar-refractivity contribution in [1.82, 2.24) is 0 Å². The topological polar surface area (TPSA) is 84.9 Å². The van der Waals surface area contributed by atoms with Gasteiger partial charge < -0.3 is 13.8 Å². The molecule has 1 unspecified atom stereocenters. The quantitative estimate of drug-likeness (QED) is 0.757. The second-order valence-corrected chi connectivity index (χ2v) is 7.11. The summed E-state index contributed by atoms with van der Waals surface area (Å²) < 4.78 is 42.6. The number of nitrogens with zero attached hydrogens (tertiary/aromatic N) is 1. The number of benzene rings is 2. The molecule has 7 nitrogen and oxygen atoms in total. The van der Waals surface area contributed by atoms with Gasteiger partial charge in [-0.25, -0.2) is 4.79 Å². The number of rotatable bonds is 6. The van der Waals surface area contributed by atoms with Crippen molar-refractivity contribution in [1.29, 1.82) is 0 Å². The molecule has 27 heavy (non-hydrogen) atoms. The molecule has 1 N–H and O–H groups in total. The van der Waals surface area contributed by atoms with Gasteiger partial charge in [-0.3, -0.25) is 5.32 Å². The largest absolute Gasteiger partial charge is 0.488 e. The average molecular weight is 394 g/mol. The average Bonchev–Trinajstić information content (AvgIpc) is 3.10. The molecule has 1 saturated heterocycles. The van der Waals surface area contributed by atoms with Crippen molar-refractivity contribution in [2.45, 2.75) is 6.42 Å². The van der Waals surface area contributed by atoms with E-state index in [1.807, 2.05) is 18.2 Å². The highest BCUT2D eigenvalue weighted by molar-refractivity contribution is 7.81. The Morgan fingerprint density at radius 2 is 1.85 bits per heavy atom. The summed E-state index contributed by atoms with van der Waals surface area (Å²) in [4.78, 5) is 14.2. The third kappa shape index (κ3) is 5.85. The molecule has 2 aromatic carbocycles. The van der Waals surface area contributed by atoms with Crippen LogP contribution in [0.3, 0.4) is 0 Å². The van der Waals surface area contributed by atoms with Gasteiger partial charge in [0, 0.05) is 30.4 Å². The van der Waals surface area contributed by atoms with E-state index in [0.717, 1.165) is 25.2 Å². The highest BCUT2D eigenvalue weighted by atomic mass is 32.3. The molecule has 0 spiro atoms. The number of para-hydroxylation sites is 1. The maximum Gasteiger partial charge on any atom is 0.488 e. The predicted molar refractivity (Wildman–Crippen MR) is 98.8 cm³/mol. The van der Waals surface area contributed by atoms with Gasteiger partial charge in [-0.15, -0.1) is 0 Å². The fourth-order valence-electron chi connectivity index (χ4n) is 2.90. The number of anilines is 2. The van der Waals surface area contributed by atoms with Crippen LogP contribution >= 0.6 is 0 Å². The van der Waals surface area contributed by atoms with Crippen molar-refractivity contribution in [3.05, 3.63) is 54.6 Å². The summed E-state index contributed by atoms with van der Waals surface area (Å²) in [7, 11) is -5.07. The second kappa shape index (κ2) is 8.26. The van der Waals surface area contributed by atoms with Gasteiger partial charge in [0.05, 0.1) is 6.61 Å². The minimum Gasteiger partial charge on any atom is -0.449 e. The first-order valence-corrected chi connectivity index (χ1v) is 9.68. The zero-order valence-electron chi connectivity index (χ0n) is 14.4. The summed E-state index contributed by atoms with van der Waals surface area (Å²) in [6.45, 7) is 2.04. The smallest absolute Gasteiger partial charge is 0.449 e. The van der Waals surface area contributed by atoms with Gasteiger partial charge in [-0.05, 0) is 42.8 Å². The van der Waals surface area contributed by atoms with Crippen LogP contribution in [0.15, 0.2) is 54.6 Å². The Hall–Kier alpha value is -2.81. The lowest BCUT2D eigenvalue weighted by Gasteiger charge is -2.18. The Balaban J connectivity index is 1.43. The molecule has 0 saturated carbocycles. The molecular formula is C18H19FN2O5S. The molecule has 144 valence electrons. The number of ether oxygens (including phenoxy) is 1. The van der Waals surface area contributed by atoms with Gasteiger partial charge in [-0.2, -0.15) is 8.42 Å². The standard InChI is InChI=1S/C18H19FN2O5S/c19-27(23,24)26-17-8-6-15(7-9-17)20-18(22)25-13-14-10-11-21(12-14)16-4-2-1-3-5-16/h1-9,14H,10-13H2,(H,20,22). The van der Waals surface area contributed by atoms with Crippen LogP contribution < -0.4 is 14.4 Å². The van der Waals surface area contributed by atoms with Crippen LogP contribution in [-0.2, 0) is 15.2 Å². The lowest BCUT2D eigenvalue weighted by Crippen LogP contribution is -2.23. The van der Waals surface area contributed by atoms with Crippen LogP contribution in [0, 0.1) is 5.92 Å². The number of carbonyl (C=O) groups excluding carboxylic acids is 1. The SMILES string of the molecule is O=C(Nc1ccc(OS(=O)(=O)F)cc1)OCC1CCN(c2ccccc2)C1. The van der Waals surface area contributed by atoms with Crippen molar-refractivity contribution >= 4 is 28.0 Å². The molecule has 2 aromatic rings. The van der Waals surface area contributed by atoms with Crippen LogP contribution in [0.1, 0.15) is 6.42 Å². The first-order chi connectivity index (χ1) is 12.9. The Morgan fingerprint density at radius 1 is 1.15 bits per heavy atom. The number of hydrogen-bond acceptors (Lipinski definition) is 6. The van der Waals surface area contributed by atoms with E-state index in [1.165, 1.54) is 24.3 Å². The van der Waals surface area contributed by atoms with E-state index in [-0.39, 0.29) is 11.7 Å². The molecule has 0 radical (unpaired) electrons. The molecule has 0 aromatic heterocycles. The van der Waals surface area contributed by atoms with Crippen LogP contribution in [-0.4, -0.2) is 34.2 Å². The molecule has 9 heteroatoms. The van der Waals surface area contributed by atoms with Gasteiger partial charge >= 0.3 is 16.6 Å². The molecule has 0 aliphatic carbocycles. The Bertz CT molecular complexity index is 874. The van der Waals surface area contributed by atoms with Crippen LogP contribution in [0.2, 0.25) is 0 Å². The van der Waals surface area contributed by atoms with Crippen LogP contribution in [0.5, 0.6) is 5.75 Å². The lowest BCUT2D eigenvalue weighted by molar-refractivity contribution is 0.145. The van der Waals surface area contributed by atoms with E-state index in [9.17, 15) is 17.1 Å². The fourth-order valence-corrected chi connectivity index (χ4v) is 3.24. The van der Waals surface area contributed by atoms with E-state index in [2.05, 4.69) is 26.5 Å². The highest BCUT2D eigenvalue weighted by Crippen LogP contribution is 2.24. The van der Waals surface area contributed by atoms with E-state index >= 15 is 0 Å². The number of halogens is 1.